The van der Waals surface area contributed by atoms with E-state index >= 15 is 0 Å². The summed E-state index contributed by atoms with van der Waals surface area (Å²) in [6, 6.07) is 11.6. The fraction of sp³-hybridized carbons (Fsp3) is 0.556. The van der Waals surface area contributed by atoms with Gasteiger partial charge in [-0.3, -0.25) is 4.79 Å². The largest absolute Gasteiger partial charge is 0.341 e. The van der Waals surface area contributed by atoms with Crippen LogP contribution in [0.25, 0.3) is 0 Å². The highest BCUT2D eigenvalue weighted by Crippen LogP contribution is 2.26. The van der Waals surface area contributed by atoms with Crippen molar-refractivity contribution in [3.63, 3.8) is 0 Å². The van der Waals surface area contributed by atoms with E-state index in [9.17, 15) is 10.1 Å². The van der Waals surface area contributed by atoms with Gasteiger partial charge in [0.05, 0.1) is 6.07 Å². The molecule has 2 rings (SSSR count). The van der Waals surface area contributed by atoms with E-state index in [4.69, 9.17) is 0 Å². The first-order valence-corrected chi connectivity index (χ1v) is 7.87. The predicted octanol–water partition coefficient (Wildman–Crippen LogP) is 3.58. The molecule has 3 heteroatoms. The maximum atomic E-state index is 12.7. The number of hydrogen-bond acceptors (Lipinski definition) is 2. The van der Waals surface area contributed by atoms with Crippen molar-refractivity contribution >= 4 is 5.91 Å². The second kappa shape index (κ2) is 7.26. The molecule has 2 unspecified atom stereocenters. The maximum Gasteiger partial charge on any atom is 0.244 e. The van der Waals surface area contributed by atoms with Gasteiger partial charge in [-0.1, -0.05) is 44.2 Å². The van der Waals surface area contributed by atoms with Crippen LogP contribution in [0.2, 0.25) is 0 Å². The second-order valence-electron chi connectivity index (χ2n) is 6.23. The third kappa shape index (κ3) is 3.85. The molecule has 3 nitrogen and oxygen atoms in total. The normalized spacial score (nSPS) is 20.7. The van der Waals surface area contributed by atoms with Crippen LogP contribution in [0.3, 0.4) is 0 Å². The van der Waals surface area contributed by atoms with Crippen LogP contribution >= 0.6 is 0 Å². The van der Waals surface area contributed by atoms with Crippen LogP contribution in [0.15, 0.2) is 30.3 Å². The Labute approximate surface area is 127 Å². The summed E-state index contributed by atoms with van der Waals surface area (Å²) in [5.74, 6) is 0.663. The summed E-state index contributed by atoms with van der Waals surface area (Å²) in [7, 11) is 0. The van der Waals surface area contributed by atoms with Gasteiger partial charge < -0.3 is 4.90 Å². The van der Waals surface area contributed by atoms with Crippen molar-refractivity contribution in [1.82, 2.24) is 4.90 Å². The molecule has 1 aromatic carbocycles. The average molecular weight is 284 g/mol. The highest BCUT2D eigenvalue weighted by molar-refractivity contribution is 5.86. The van der Waals surface area contributed by atoms with E-state index in [1.807, 2.05) is 35.2 Å². The van der Waals surface area contributed by atoms with Gasteiger partial charge in [0.15, 0.2) is 0 Å². The third-order valence-corrected chi connectivity index (χ3v) is 4.54. The van der Waals surface area contributed by atoms with Crippen molar-refractivity contribution in [3.8, 4) is 6.07 Å². The summed E-state index contributed by atoms with van der Waals surface area (Å²) in [4.78, 5) is 14.6. The lowest BCUT2D eigenvalue weighted by Gasteiger charge is -2.24. The molecule has 0 saturated carbocycles. The minimum atomic E-state index is -0.665. The molecule has 0 radical (unpaired) electrons. The molecule has 0 N–H and O–H groups in total. The summed E-state index contributed by atoms with van der Waals surface area (Å²) in [6.45, 7) is 6.08. The molecule has 0 spiro atoms. The van der Waals surface area contributed by atoms with Gasteiger partial charge >= 0.3 is 0 Å². The number of benzene rings is 1. The molecule has 21 heavy (non-hydrogen) atoms. The molecule has 1 heterocycles. The van der Waals surface area contributed by atoms with Gasteiger partial charge in [-0.25, -0.2) is 0 Å². The Kier molecular flexibility index (Phi) is 5.38. The minimum absolute atomic E-state index is 0.0342. The highest BCUT2D eigenvalue weighted by Gasteiger charge is 2.28. The van der Waals surface area contributed by atoms with Crippen molar-refractivity contribution in [3.05, 3.63) is 35.9 Å². The zero-order valence-corrected chi connectivity index (χ0v) is 13.0. The number of rotatable bonds is 3. The maximum absolute atomic E-state index is 12.7. The number of carbonyl (C=O) groups excluding carboxylic acids is 1. The summed E-state index contributed by atoms with van der Waals surface area (Å²) >= 11 is 0. The standard InChI is InChI=1S/C18H24N2O/c1-14(2)15-9-6-11-20(12-10-15)18(21)17(13-19)16-7-4-3-5-8-16/h3-5,7-8,14-15,17H,6,9-12H2,1-2H3. The molecule has 1 aliphatic heterocycles. The number of carbonyl (C=O) groups is 1. The molecule has 1 aliphatic rings. The number of likely N-dealkylation sites (tertiary alicyclic amines) is 1. The third-order valence-electron chi connectivity index (χ3n) is 4.54. The van der Waals surface area contributed by atoms with Crippen LogP contribution in [0.1, 0.15) is 44.6 Å². The fourth-order valence-electron chi connectivity index (χ4n) is 3.11. The predicted molar refractivity (Wildman–Crippen MR) is 83.6 cm³/mol. The van der Waals surface area contributed by atoms with Gasteiger partial charge in [0, 0.05) is 13.1 Å². The quantitative estimate of drug-likeness (QED) is 0.851. The van der Waals surface area contributed by atoms with Crippen molar-refractivity contribution < 1.29 is 4.79 Å². The smallest absolute Gasteiger partial charge is 0.244 e. The molecule has 0 aliphatic carbocycles. The molecular weight excluding hydrogens is 260 g/mol. The average Bonchev–Trinajstić information content (AvgIpc) is 2.75. The minimum Gasteiger partial charge on any atom is -0.341 e. The van der Waals surface area contributed by atoms with Crippen LogP contribution in [-0.4, -0.2) is 23.9 Å². The molecule has 1 saturated heterocycles. The molecule has 0 bridgehead atoms. The van der Waals surface area contributed by atoms with Crippen molar-refractivity contribution in [1.29, 1.82) is 5.26 Å². The van der Waals surface area contributed by atoms with Gasteiger partial charge in [0.1, 0.15) is 5.92 Å². The Hall–Kier alpha value is -1.82. The Morgan fingerprint density at radius 1 is 1.24 bits per heavy atom. The first-order chi connectivity index (χ1) is 10.1. The van der Waals surface area contributed by atoms with Crippen molar-refractivity contribution in [2.45, 2.75) is 39.0 Å². The zero-order valence-electron chi connectivity index (χ0n) is 13.0. The van der Waals surface area contributed by atoms with Gasteiger partial charge in [0.2, 0.25) is 5.91 Å². The van der Waals surface area contributed by atoms with Crippen LogP contribution in [0, 0.1) is 23.2 Å². The second-order valence-corrected chi connectivity index (χ2v) is 6.23. The number of nitriles is 1. The summed E-state index contributed by atoms with van der Waals surface area (Å²) < 4.78 is 0. The van der Waals surface area contributed by atoms with E-state index in [1.54, 1.807) is 0 Å². The van der Waals surface area contributed by atoms with E-state index < -0.39 is 5.92 Å². The Morgan fingerprint density at radius 3 is 2.57 bits per heavy atom. The van der Waals surface area contributed by atoms with E-state index in [0.29, 0.717) is 11.8 Å². The van der Waals surface area contributed by atoms with E-state index in [0.717, 1.165) is 31.5 Å². The molecule has 1 aromatic rings. The Balaban J connectivity index is 2.07. The Bertz CT molecular complexity index is 504. The molecule has 0 aromatic heterocycles. The molecule has 112 valence electrons. The Morgan fingerprint density at radius 2 is 1.95 bits per heavy atom. The lowest BCUT2D eigenvalue weighted by atomic mass is 9.89. The zero-order chi connectivity index (χ0) is 15.2. The summed E-state index contributed by atoms with van der Waals surface area (Å²) in [6.07, 6.45) is 3.28. The summed E-state index contributed by atoms with van der Waals surface area (Å²) in [5, 5.41) is 9.39. The molecular formula is C18H24N2O. The number of nitrogens with zero attached hydrogens (tertiary/aromatic N) is 2. The first-order valence-electron chi connectivity index (χ1n) is 7.87. The number of amides is 1. The van der Waals surface area contributed by atoms with Crippen LogP contribution in [0.4, 0.5) is 0 Å². The topological polar surface area (TPSA) is 44.1 Å². The van der Waals surface area contributed by atoms with Gasteiger partial charge in [0.25, 0.3) is 0 Å². The first kappa shape index (κ1) is 15.6. The number of hydrogen-bond donors (Lipinski definition) is 0. The monoisotopic (exact) mass is 284 g/mol. The van der Waals surface area contributed by atoms with E-state index in [1.165, 1.54) is 6.42 Å². The van der Waals surface area contributed by atoms with Gasteiger partial charge in [-0.2, -0.15) is 5.26 Å². The lowest BCUT2D eigenvalue weighted by molar-refractivity contribution is -0.131. The molecule has 1 fully saturated rings. The van der Waals surface area contributed by atoms with E-state index in [2.05, 4.69) is 19.9 Å². The summed E-state index contributed by atoms with van der Waals surface area (Å²) in [5.41, 5.74) is 0.801. The van der Waals surface area contributed by atoms with Gasteiger partial charge in [-0.05, 0) is 36.7 Å². The molecule has 2 atom stereocenters. The van der Waals surface area contributed by atoms with E-state index in [-0.39, 0.29) is 5.91 Å². The fourth-order valence-corrected chi connectivity index (χ4v) is 3.11. The van der Waals surface area contributed by atoms with Crippen molar-refractivity contribution in [2.75, 3.05) is 13.1 Å². The highest BCUT2D eigenvalue weighted by atomic mass is 16.2. The lowest BCUT2D eigenvalue weighted by Crippen LogP contribution is -2.35. The SMILES string of the molecule is CC(C)C1CCCN(C(=O)C(C#N)c2ccccc2)CC1. The van der Waals surface area contributed by atoms with Crippen molar-refractivity contribution in [2.24, 2.45) is 11.8 Å². The van der Waals surface area contributed by atoms with Gasteiger partial charge in [-0.15, -0.1) is 0 Å². The van der Waals surface area contributed by atoms with Crippen LogP contribution in [-0.2, 0) is 4.79 Å². The molecule has 1 amide bonds. The van der Waals surface area contributed by atoms with Crippen LogP contribution < -0.4 is 0 Å². The van der Waals surface area contributed by atoms with Crippen LogP contribution in [0.5, 0.6) is 0 Å².